The molecule has 0 radical (unpaired) electrons. The molecule has 0 saturated carbocycles. The Balaban J connectivity index is 2.13. The van der Waals surface area contributed by atoms with Crippen LogP contribution in [0.25, 0.3) is 0 Å². The molecule has 0 unspecified atom stereocenters. The van der Waals surface area contributed by atoms with Crippen molar-refractivity contribution in [3.63, 3.8) is 0 Å². The van der Waals surface area contributed by atoms with Crippen LogP contribution in [-0.2, 0) is 0 Å². The monoisotopic (exact) mass is 375 g/mol. The maximum atomic E-state index is 12.5. The summed E-state index contributed by atoms with van der Waals surface area (Å²) >= 11 is 4.20. The van der Waals surface area contributed by atoms with Gasteiger partial charge in [-0.1, -0.05) is 26.0 Å². The number of nitrogens with zero attached hydrogens (tertiary/aromatic N) is 1. The summed E-state index contributed by atoms with van der Waals surface area (Å²) in [5.74, 6) is 1.21. The SMILES string of the molecule is CC1(C)CCN(C(=O)c2ccccc2I)CCS1. The highest BCUT2D eigenvalue weighted by atomic mass is 127. The van der Waals surface area contributed by atoms with Gasteiger partial charge in [-0.2, -0.15) is 11.8 Å². The minimum atomic E-state index is 0.179. The maximum Gasteiger partial charge on any atom is 0.254 e. The molecule has 0 bridgehead atoms. The van der Waals surface area contributed by atoms with Crippen molar-refractivity contribution in [2.75, 3.05) is 18.8 Å². The van der Waals surface area contributed by atoms with Gasteiger partial charge in [0.05, 0.1) is 5.56 Å². The van der Waals surface area contributed by atoms with Crippen LogP contribution < -0.4 is 0 Å². The molecule has 18 heavy (non-hydrogen) atoms. The van der Waals surface area contributed by atoms with Gasteiger partial charge in [-0.15, -0.1) is 0 Å². The van der Waals surface area contributed by atoms with E-state index in [1.165, 1.54) is 0 Å². The lowest BCUT2D eigenvalue weighted by atomic mass is 10.1. The smallest absolute Gasteiger partial charge is 0.254 e. The number of carbonyl (C=O) groups is 1. The van der Waals surface area contributed by atoms with Crippen LogP contribution in [0.5, 0.6) is 0 Å². The summed E-state index contributed by atoms with van der Waals surface area (Å²) in [4.78, 5) is 14.5. The first-order chi connectivity index (χ1) is 8.49. The van der Waals surface area contributed by atoms with Gasteiger partial charge >= 0.3 is 0 Å². The first-order valence-electron chi connectivity index (χ1n) is 6.17. The molecule has 0 atom stereocenters. The van der Waals surface area contributed by atoms with Crippen molar-refractivity contribution < 1.29 is 4.79 Å². The predicted octanol–water partition coefficient (Wildman–Crippen LogP) is 3.65. The number of halogens is 1. The van der Waals surface area contributed by atoms with Crippen molar-refractivity contribution in [3.8, 4) is 0 Å². The van der Waals surface area contributed by atoms with Gasteiger partial charge in [0.1, 0.15) is 0 Å². The molecule has 1 fully saturated rings. The molecule has 1 saturated heterocycles. The van der Waals surface area contributed by atoms with Crippen molar-refractivity contribution in [3.05, 3.63) is 33.4 Å². The Kier molecular flexibility index (Phi) is 4.59. The minimum Gasteiger partial charge on any atom is -0.338 e. The molecule has 0 spiro atoms. The summed E-state index contributed by atoms with van der Waals surface area (Å²) in [6, 6.07) is 7.82. The highest BCUT2D eigenvalue weighted by molar-refractivity contribution is 14.1. The zero-order chi connectivity index (χ0) is 13.2. The Bertz CT molecular complexity index is 447. The lowest BCUT2D eigenvalue weighted by Gasteiger charge is -2.23. The van der Waals surface area contributed by atoms with Crippen LogP contribution in [0.4, 0.5) is 0 Å². The highest BCUT2D eigenvalue weighted by Gasteiger charge is 2.26. The summed E-state index contributed by atoms with van der Waals surface area (Å²) < 4.78 is 1.33. The number of hydrogen-bond acceptors (Lipinski definition) is 2. The van der Waals surface area contributed by atoms with Gasteiger partial charge in [-0.05, 0) is 41.1 Å². The molecule has 4 heteroatoms. The van der Waals surface area contributed by atoms with Crippen LogP contribution in [-0.4, -0.2) is 34.4 Å². The van der Waals surface area contributed by atoms with E-state index in [-0.39, 0.29) is 5.91 Å². The van der Waals surface area contributed by atoms with E-state index in [4.69, 9.17) is 0 Å². The van der Waals surface area contributed by atoms with Gasteiger partial charge in [0.2, 0.25) is 0 Å². The van der Waals surface area contributed by atoms with Crippen LogP contribution in [0.3, 0.4) is 0 Å². The average molecular weight is 375 g/mol. The molecule has 0 aliphatic carbocycles. The fourth-order valence-corrected chi connectivity index (χ4v) is 3.75. The van der Waals surface area contributed by atoms with E-state index in [1.807, 2.05) is 40.9 Å². The van der Waals surface area contributed by atoms with Gasteiger partial charge in [-0.25, -0.2) is 0 Å². The van der Waals surface area contributed by atoms with Crippen molar-refractivity contribution in [2.45, 2.75) is 25.0 Å². The van der Waals surface area contributed by atoms with Gasteiger partial charge in [0, 0.05) is 27.2 Å². The number of benzene rings is 1. The molecular formula is C14H18INOS. The quantitative estimate of drug-likeness (QED) is 0.699. The van der Waals surface area contributed by atoms with Gasteiger partial charge in [0.25, 0.3) is 5.91 Å². The lowest BCUT2D eigenvalue weighted by molar-refractivity contribution is 0.0763. The summed E-state index contributed by atoms with van der Waals surface area (Å²) in [6.07, 6.45) is 1.06. The molecule has 98 valence electrons. The fourth-order valence-electron chi connectivity index (χ4n) is 2.03. The number of carbonyl (C=O) groups excluding carboxylic acids is 1. The molecule has 0 aromatic heterocycles. The standard InChI is InChI=1S/C14H18INOS/c1-14(2)7-8-16(9-10-18-14)13(17)11-5-3-4-6-12(11)15/h3-6H,7-10H2,1-2H3. The van der Waals surface area contributed by atoms with E-state index < -0.39 is 0 Å². The molecule has 1 heterocycles. The van der Waals surface area contributed by atoms with Gasteiger partial charge in [-0.3, -0.25) is 4.79 Å². The minimum absolute atomic E-state index is 0.179. The summed E-state index contributed by atoms with van der Waals surface area (Å²) in [6.45, 7) is 6.25. The molecule has 1 amide bonds. The van der Waals surface area contributed by atoms with Crippen molar-refractivity contribution in [1.82, 2.24) is 4.90 Å². The van der Waals surface area contributed by atoms with Crippen molar-refractivity contribution in [1.29, 1.82) is 0 Å². The molecule has 2 nitrogen and oxygen atoms in total. The fraction of sp³-hybridized carbons (Fsp3) is 0.500. The van der Waals surface area contributed by atoms with E-state index in [9.17, 15) is 4.79 Å². The third-order valence-corrected chi connectivity index (χ3v) is 5.54. The second-order valence-corrected chi connectivity index (χ2v) is 8.09. The van der Waals surface area contributed by atoms with Crippen molar-refractivity contribution >= 4 is 40.3 Å². The first kappa shape index (κ1) is 14.2. The molecular weight excluding hydrogens is 357 g/mol. The molecule has 1 aromatic rings. The zero-order valence-corrected chi connectivity index (χ0v) is 13.8. The van der Waals surface area contributed by atoms with Crippen LogP contribution in [0.1, 0.15) is 30.6 Å². The second-order valence-electron chi connectivity index (χ2n) is 5.13. The number of hydrogen-bond donors (Lipinski definition) is 0. The second kappa shape index (κ2) is 5.82. The van der Waals surface area contributed by atoms with Crippen LogP contribution in [0.2, 0.25) is 0 Å². The summed E-state index contributed by atoms with van der Waals surface area (Å²) in [5, 5.41) is 0. The Morgan fingerprint density at radius 2 is 2.06 bits per heavy atom. The Hall–Kier alpha value is -0.230. The third-order valence-electron chi connectivity index (χ3n) is 3.23. The number of thioether (sulfide) groups is 1. The zero-order valence-electron chi connectivity index (χ0n) is 10.8. The van der Waals surface area contributed by atoms with Crippen LogP contribution in [0, 0.1) is 3.57 Å². The Morgan fingerprint density at radius 3 is 2.78 bits per heavy atom. The van der Waals surface area contributed by atoms with E-state index in [2.05, 4.69) is 36.4 Å². The van der Waals surface area contributed by atoms with E-state index in [0.29, 0.717) is 4.75 Å². The number of amides is 1. The maximum absolute atomic E-state index is 12.5. The Labute approximate surface area is 127 Å². The van der Waals surface area contributed by atoms with E-state index in [0.717, 1.165) is 34.4 Å². The highest BCUT2D eigenvalue weighted by Crippen LogP contribution is 2.31. The first-order valence-corrected chi connectivity index (χ1v) is 8.24. The summed E-state index contributed by atoms with van der Waals surface area (Å²) in [5.41, 5.74) is 0.836. The molecule has 1 aliphatic heterocycles. The van der Waals surface area contributed by atoms with Gasteiger partial charge < -0.3 is 4.90 Å². The predicted molar refractivity (Wildman–Crippen MR) is 86.2 cm³/mol. The van der Waals surface area contributed by atoms with E-state index >= 15 is 0 Å². The van der Waals surface area contributed by atoms with Gasteiger partial charge in [0.15, 0.2) is 0 Å². The number of rotatable bonds is 1. The summed E-state index contributed by atoms with van der Waals surface area (Å²) in [7, 11) is 0. The lowest BCUT2D eigenvalue weighted by Crippen LogP contribution is -2.34. The Morgan fingerprint density at radius 1 is 1.33 bits per heavy atom. The van der Waals surface area contributed by atoms with Crippen LogP contribution in [0.15, 0.2) is 24.3 Å². The van der Waals surface area contributed by atoms with Crippen molar-refractivity contribution in [2.24, 2.45) is 0 Å². The van der Waals surface area contributed by atoms with Crippen LogP contribution >= 0.6 is 34.4 Å². The molecule has 2 rings (SSSR count). The molecule has 1 aliphatic rings. The average Bonchev–Trinajstić information content (AvgIpc) is 2.50. The van der Waals surface area contributed by atoms with E-state index in [1.54, 1.807) is 0 Å². The largest absolute Gasteiger partial charge is 0.338 e. The molecule has 0 N–H and O–H groups in total. The third kappa shape index (κ3) is 3.41. The topological polar surface area (TPSA) is 20.3 Å². The molecule has 1 aromatic carbocycles. The normalized spacial score (nSPS) is 19.4.